The summed E-state index contributed by atoms with van der Waals surface area (Å²) in [7, 11) is 1.51. The Morgan fingerprint density at radius 1 is 1.34 bits per heavy atom. The molecule has 0 amide bonds. The van der Waals surface area contributed by atoms with E-state index in [0.29, 0.717) is 6.42 Å². The molecule has 4 aliphatic rings. The van der Waals surface area contributed by atoms with E-state index in [4.69, 9.17) is 14.2 Å². The van der Waals surface area contributed by atoms with Crippen molar-refractivity contribution in [3.8, 4) is 0 Å². The van der Waals surface area contributed by atoms with Crippen LogP contribution in [-0.2, 0) is 19.0 Å². The summed E-state index contributed by atoms with van der Waals surface area (Å²) >= 11 is 0. The number of esters is 1. The molecule has 1 saturated heterocycles. The molecular weight excluding hydrogens is 410 g/mol. The second-order valence-electron chi connectivity index (χ2n) is 10.2. The second kappa shape index (κ2) is 8.84. The molecule has 0 aromatic heterocycles. The molecule has 1 spiro atoms. The molecule has 3 N–H and O–H groups in total. The number of likely N-dealkylation sites (N-methyl/N-ethyl adjacent to an activating group) is 1. The van der Waals surface area contributed by atoms with Gasteiger partial charge in [-0.1, -0.05) is 39.0 Å². The number of carbonyl (C=O) groups excluding carboxylic acids is 1. The van der Waals surface area contributed by atoms with Crippen LogP contribution in [0.1, 0.15) is 41.0 Å². The van der Waals surface area contributed by atoms with Crippen molar-refractivity contribution in [1.29, 1.82) is 0 Å². The van der Waals surface area contributed by atoms with Crippen LogP contribution in [0.4, 0.5) is 0 Å². The van der Waals surface area contributed by atoms with Gasteiger partial charge >= 0.3 is 5.97 Å². The molecule has 2 heterocycles. The number of cyclic esters (lactones) is 1. The molecule has 32 heavy (non-hydrogen) atoms. The summed E-state index contributed by atoms with van der Waals surface area (Å²) in [4.78, 5) is 13.0. The predicted octanol–water partition coefficient (Wildman–Crippen LogP) is 1.82. The van der Waals surface area contributed by atoms with E-state index in [9.17, 15) is 15.0 Å². The van der Waals surface area contributed by atoms with Gasteiger partial charge in [0.15, 0.2) is 6.10 Å². The molecule has 2 fully saturated rings. The number of aliphatic hydroxyl groups excluding tert-OH is 2. The van der Waals surface area contributed by atoms with Crippen LogP contribution in [0.25, 0.3) is 0 Å². The highest BCUT2D eigenvalue weighted by atomic mass is 16.6. The fraction of sp³-hybridized carbons (Fsp3) is 0.800. The molecule has 0 radical (unpaired) electrons. The Morgan fingerprint density at radius 2 is 2.06 bits per heavy atom. The fourth-order valence-electron chi connectivity index (χ4n) is 6.91. The number of ether oxygens (including phenoxy) is 3. The van der Waals surface area contributed by atoms with Crippen molar-refractivity contribution >= 4 is 5.97 Å². The monoisotopic (exact) mass is 449 g/mol. The van der Waals surface area contributed by atoms with Crippen molar-refractivity contribution in [2.45, 2.75) is 83.2 Å². The van der Waals surface area contributed by atoms with E-state index in [1.54, 1.807) is 6.92 Å². The molecular formula is C25H39NO6. The van der Waals surface area contributed by atoms with Gasteiger partial charge in [-0.25, -0.2) is 4.79 Å². The summed E-state index contributed by atoms with van der Waals surface area (Å²) in [6.07, 6.45) is 3.92. The topological polar surface area (TPSA) is 97.2 Å². The molecule has 4 bridgehead atoms. The molecule has 2 aliphatic heterocycles. The Labute approximate surface area is 191 Å². The van der Waals surface area contributed by atoms with Crippen molar-refractivity contribution in [2.24, 2.45) is 29.6 Å². The van der Waals surface area contributed by atoms with Gasteiger partial charge in [0, 0.05) is 42.7 Å². The van der Waals surface area contributed by atoms with Crippen LogP contribution in [0, 0.1) is 29.6 Å². The quantitative estimate of drug-likeness (QED) is 0.445. The van der Waals surface area contributed by atoms with Crippen molar-refractivity contribution < 1.29 is 29.2 Å². The van der Waals surface area contributed by atoms with Crippen molar-refractivity contribution in [3.63, 3.8) is 0 Å². The second-order valence-corrected chi connectivity index (χ2v) is 10.2. The Kier molecular flexibility index (Phi) is 6.60. The van der Waals surface area contributed by atoms with Gasteiger partial charge in [0.05, 0.1) is 18.3 Å². The smallest absolute Gasteiger partial charge is 0.335 e. The molecule has 1 unspecified atom stereocenters. The Morgan fingerprint density at radius 3 is 2.69 bits per heavy atom. The first kappa shape index (κ1) is 23.9. The lowest BCUT2D eigenvalue weighted by Gasteiger charge is -2.49. The SMILES string of the molecule is CCN[C@H]1[C@H](C)[C@@H](O)[C@@H]2[C@H]3C=C[C@@H]4C[C@H](OC)C(=O)O[C@H](C(C)O)[C@H](C)/C=C(\C)[C@@]24O[C@H]31. The lowest BCUT2D eigenvalue weighted by molar-refractivity contribution is -0.172. The first-order valence-electron chi connectivity index (χ1n) is 12.0. The number of carbonyl (C=O) groups is 1. The van der Waals surface area contributed by atoms with Crippen molar-refractivity contribution in [1.82, 2.24) is 5.32 Å². The van der Waals surface area contributed by atoms with Crippen LogP contribution in [0.3, 0.4) is 0 Å². The molecule has 1 saturated carbocycles. The summed E-state index contributed by atoms with van der Waals surface area (Å²) in [5.41, 5.74) is 0.298. The van der Waals surface area contributed by atoms with Crippen LogP contribution >= 0.6 is 0 Å². The average molecular weight is 450 g/mol. The van der Waals surface area contributed by atoms with Gasteiger partial charge in [-0.05, 0) is 32.4 Å². The van der Waals surface area contributed by atoms with Crippen LogP contribution in [-0.4, -0.2) is 72.0 Å². The van der Waals surface area contributed by atoms with E-state index in [1.165, 1.54) is 7.11 Å². The molecule has 0 aromatic rings. The predicted molar refractivity (Wildman–Crippen MR) is 120 cm³/mol. The highest BCUT2D eigenvalue weighted by Gasteiger charge is 2.68. The summed E-state index contributed by atoms with van der Waals surface area (Å²) < 4.78 is 18.3. The van der Waals surface area contributed by atoms with E-state index in [1.807, 2.05) is 6.92 Å². The van der Waals surface area contributed by atoms with Gasteiger partial charge in [0.2, 0.25) is 0 Å². The van der Waals surface area contributed by atoms with Gasteiger partial charge in [0.25, 0.3) is 0 Å². The lowest BCUT2D eigenvalue weighted by Crippen LogP contribution is -2.59. The fourth-order valence-corrected chi connectivity index (χ4v) is 6.91. The van der Waals surface area contributed by atoms with Gasteiger partial charge < -0.3 is 29.7 Å². The molecule has 2 aliphatic carbocycles. The van der Waals surface area contributed by atoms with Gasteiger partial charge in [-0.2, -0.15) is 0 Å². The number of nitrogens with one attached hydrogen (secondary N) is 1. The average Bonchev–Trinajstić information content (AvgIpc) is 2.94. The summed E-state index contributed by atoms with van der Waals surface area (Å²) in [5.74, 6) is -0.791. The largest absolute Gasteiger partial charge is 0.457 e. The Bertz CT molecular complexity index is 780. The minimum Gasteiger partial charge on any atom is -0.457 e. The third kappa shape index (κ3) is 3.48. The minimum absolute atomic E-state index is 0.0433. The Hall–Kier alpha value is -1.25. The van der Waals surface area contributed by atoms with Crippen LogP contribution < -0.4 is 5.32 Å². The van der Waals surface area contributed by atoms with Gasteiger partial charge in [-0.3, -0.25) is 0 Å². The molecule has 180 valence electrons. The highest BCUT2D eigenvalue weighted by molar-refractivity contribution is 5.75. The summed E-state index contributed by atoms with van der Waals surface area (Å²) in [5, 5.41) is 25.4. The number of hydrogen-bond donors (Lipinski definition) is 3. The summed E-state index contributed by atoms with van der Waals surface area (Å²) in [6, 6.07) is 0.0491. The number of aliphatic hydroxyl groups is 2. The van der Waals surface area contributed by atoms with E-state index < -0.39 is 36.0 Å². The van der Waals surface area contributed by atoms with E-state index in [-0.39, 0.29) is 41.7 Å². The third-order valence-electron chi connectivity index (χ3n) is 8.39. The zero-order valence-electron chi connectivity index (χ0n) is 20.0. The number of methoxy groups -OCH3 is 1. The first-order chi connectivity index (χ1) is 15.2. The zero-order chi connectivity index (χ0) is 23.4. The maximum Gasteiger partial charge on any atom is 0.335 e. The standard InChI is InChI=1S/C25H39NO6/c1-7-26-20-14(4)21(28)19-17-9-8-16-11-18(30-6)24(29)31-22(15(5)27)12(2)10-13(3)25(16,19)32-23(17)20/h8-10,12,14-23,26-28H,7,11H2,1-6H3/b13-10+/t12-,14+,15?,16-,17-,18+,19+,20+,21-,22+,23-,25+/m1/s1. The maximum absolute atomic E-state index is 13.0. The first-order valence-corrected chi connectivity index (χ1v) is 12.0. The van der Waals surface area contributed by atoms with Crippen LogP contribution in [0.15, 0.2) is 23.8 Å². The van der Waals surface area contributed by atoms with Crippen LogP contribution in [0.5, 0.6) is 0 Å². The molecule has 4 rings (SSSR count). The van der Waals surface area contributed by atoms with E-state index in [2.05, 4.69) is 44.3 Å². The lowest BCUT2D eigenvalue weighted by atomic mass is 9.57. The van der Waals surface area contributed by atoms with Crippen molar-refractivity contribution in [2.75, 3.05) is 13.7 Å². The van der Waals surface area contributed by atoms with Crippen molar-refractivity contribution in [3.05, 3.63) is 23.8 Å². The molecule has 7 nitrogen and oxygen atoms in total. The minimum atomic E-state index is -0.824. The normalized spacial score (nSPS) is 50.8. The highest BCUT2D eigenvalue weighted by Crippen LogP contribution is 2.60. The van der Waals surface area contributed by atoms with E-state index >= 15 is 0 Å². The van der Waals surface area contributed by atoms with Crippen LogP contribution in [0.2, 0.25) is 0 Å². The van der Waals surface area contributed by atoms with Gasteiger partial charge in [-0.15, -0.1) is 0 Å². The molecule has 7 heteroatoms. The zero-order valence-corrected chi connectivity index (χ0v) is 20.0. The molecule has 12 atom stereocenters. The summed E-state index contributed by atoms with van der Waals surface area (Å²) in [6.45, 7) is 10.6. The maximum atomic E-state index is 13.0. The van der Waals surface area contributed by atoms with E-state index in [0.717, 1.165) is 12.1 Å². The third-order valence-corrected chi connectivity index (χ3v) is 8.39. The molecule has 0 aromatic carbocycles. The van der Waals surface area contributed by atoms with Gasteiger partial charge in [0.1, 0.15) is 11.7 Å². The number of rotatable bonds is 4. The Balaban J connectivity index is 1.85. The number of hydrogen-bond acceptors (Lipinski definition) is 7.